The summed E-state index contributed by atoms with van der Waals surface area (Å²) < 4.78 is 5.27. The SMILES string of the molecule is CCCN(C(=O)CC1CCC=C(C(=O)OC(C)C)C1)C1CC1. The molecule has 0 aromatic carbocycles. The monoisotopic (exact) mass is 307 g/mol. The maximum absolute atomic E-state index is 12.5. The van der Waals surface area contributed by atoms with Gasteiger partial charge in [-0.3, -0.25) is 4.79 Å². The highest BCUT2D eigenvalue weighted by molar-refractivity contribution is 5.89. The number of ether oxygens (including phenoxy) is 1. The first kappa shape index (κ1) is 17.0. The minimum atomic E-state index is -0.209. The largest absolute Gasteiger partial charge is 0.460 e. The fourth-order valence-electron chi connectivity index (χ4n) is 3.12. The van der Waals surface area contributed by atoms with Gasteiger partial charge in [0, 0.05) is 24.6 Å². The van der Waals surface area contributed by atoms with Gasteiger partial charge in [-0.2, -0.15) is 0 Å². The molecule has 0 spiro atoms. The molecule has 1 atom stereocenters. The van der Waals surface area contributed by atoms with E-state index in [0.29, 0.717) is 18.9 Å². The molecule has 0 aromatic heterocycles. The van der Waals surface area contributed by atoms with Gasteiger partial charge in [0.25, 0.3) is 0 Å². The topological polar surface area (TPSA) is 46.6 Å². The molecule has 1 unspecified atom stereocenters. The first-order valence-electron chi connectivity index (χ1n) is 8.70. The lowest BCUT2D eigenvalue weighted by atomic mass is 9.86. The summed E-state index contributed by atoms with van der Waals surface area (Å²) in [5, 5.41) is 0. The molecule has 0 radical (unpaired) electrons. The fraction of sp³-hybridized carbons (Fsp3) is 0.778. The van der Waals surface area contributed by atoms with Crippen LogP contribution in [0.2, 0.25) is 0 Å². The summed E-state index contributed by atoms with van der Waals surface area (Å²) in [4.78, 5) is 26.6. The van der Waals surface area contributed by atoms with E-state index in [1.807, 2.05) is 19.9 Å². The van der Waals surface area contributed by atoms with Gasteiger partial charge >= 0.3 is 5.97 Å². The van der Waals surface area contributed by atoms with Crippen molar-refractivity contribution in [3.05, 3.63) is 11.6 Å². The maximum Gasteiger partial charge on any atom is 0.333 e. The molecule has 2 aliphatic carbocycles. The van der Waals surface area contributed by atoms with Gasteiger partial charge in [0.1, 0.15) is 0 Å². The average Bonchev–Trinajstić information content (AvgIpc) is 3.28. The van der Waals surface area contributed by atoms with Crippen LogP contribution in [0, 0.1) is 5.92 Å². The Balaban J connectivity index is 1.87. The maximum atomic E-state index is 12.5. The van der Waals surface area contributed by atoms with Gasteiger partial charge in [-0.25, -0.2) is 4.79 Å². The molecule has 1 amide bonds. The second-order valence-corrected chi connectivity index (χ2v) is 6.85. The molecule has 0 heterocycles. The highest BCUT2D eigenvalue weighted by Gasteiger charge is 2.33. The second kappa shape index (κ2) is 7.80. The van der Waals surface area contributed by atoms with Crippen molar-refractivity contribution in [1.82, 2.24) is 4.90 Å². The van der Waals surface area contributed by atoms with Crippen LogP contribution in [-0.4, -0.2) is 35.5 Å². The van der Waals surface area contributed by atoms with E-state index in [9.17, 15) is 9.59 Å². The van der Waals surface area contributed by atoms with Crippen molar-refractivity contribution in [2.24, 2.45) is 5.92 Å². The Morgan fingerprint density at radius 3 is 2.64 bits per heavy atom. The van der Waals surface area contributed by atoms with Crippen LogP contribution >= 0.6 is 0 Å². The van der Waals surface area contributed by atoms with Crippen LogP contribution in [0.5, 0.6) is 0 Å². The van der Waals surface area contributed by atoms with Crippen LogP contribution in [-0.2, 0) is 14.3 Å². The first-order chi connectivity index (χ1) is 10.5. The summed E-state index contributed by atoms with van der Waals surface area (Å²) >= 11 is 0. The average molecular weight is 307 g/mol. The van der Waals surface area contributed by atoms with Crippen LogP contribution in [0.25, 0.3) is 0 Å². The zero-order valence-electron chi connectivity index (χ0n) is 14.1. The first-order valence-corrected chi connectivity index (χ1v) is 8.70. The molecular weight excluding hydrogens is 278 g/mol. The van der Waals surface area contributed by atoms with Gasteiger partial charge in [-0.1, -0.05) is 13.0 Å². The Morgan fingerprint density at radius 1 is 1.32 bits per heavy atom. The molecule has 4 nitrogen and oxygen atoms in total. The van der Waals surface area contributed by atoms with Crippen molar-refractivity contribution < 1.29 is 14.3 Å². The number of nitrogens with zero attached hydrogens (tertiary/aromatic N) is 1. The molecule has 0 aromatic rings. The van der Waals surface area contributed by atoms with Crippen molar-refractivity contribution in [2.75, 3.05) is 6.54 Å². The van der Waals surface area contributed by atoms with Gasteiger partial charge in [0.15, 0.2) is 0 Å². The van der Waals surface area contributed by atoms with Gasteiger partial charge in [-0.15, -0.1) is 0 Å². The zero-order valence-corrected chi connectivity index (χ0v) is 14.1. The van der Waals surface area contributed by atoms with E-state index in [4.69, 9.17) is 4.74 Å². The number of esters is 1. The van der Waals surface area contributed by atoms with Crippen LogP contribution in [0.1, 0.15) is 65.7 Å². The third kappa shape index (κ3) is 4.85. The molecule has 2 aliphatic rings. The highest BCUT2D eigenvalue weighted by Crippen LogP contribution is 2.32. The van der Waals surface area contributed by atoms with E-state index >= 15 is 0 Å². The van der Waals surface area contributed by atoms with Gasteiger partial charge in [0.05, 0.1) is 6.10 Å². The number of hydrogen-bond acceptors (Lipinski definition) is 3. The van der Waals surface area contributed by atoms with E-state index in [1.54, 1.807) is 0 Å². The van der Waals surface area contributed by atoms with E-state index in [2.05, 4.69) is 11.8 Å². The van der Waals surface area contributed by atoms with Crippen molar-refractivity contribution in [2.45, 2.75) is 77.9 Å². The summed E-state index contributed by atoms with van der Waals surface area (Å²) in [5.74, 6) is 0.345. The summed E-state index contributed by atoms with van der Waals surface area (Å²) in [7, 11) is 0. The molecule has 0 N–H and O–H groups in total. The number of hydrogen-bond donors (Lipinski definition) is 0. The highest BCUT2D eigenvalue weighted by atomic mass is 16.5. The minimum Gasteiger partial charge on any atom is -0.460 e. The Morgan fingerprint density at radius 2 is 2.05 bits per heavy atom. The lowest BCUT2D eigenvalue weighted by Gasteiger charge is -2.27. The lowest BCUT2D eigenvalue weighted by Crippen LogP contribution is -2.35. The molecule has 1 fully saturated rings. The van der Waals surface area contributed by atoms with E-state index in [-0.39, 0.29) is 23.9 Å². The Labute approximate surface area is 133 Å². The quantitative estimate of drug-likeness (QED) is 0.677. The molecular formula is C18H29NO3. The number of amides is 1. The normalized spacial score (nSPS) is 21.5. The van der Waals surface area contributed by atoms with Gasteiger partial charge in [0.2, 0.25) is 5.91 Å². The summed E-state index contributed by atoms with van der Waals surface area (Å²) in [6.07, 6.45) is 8.34. The molecule has 0 bridgehead atoms. The third-order valence-corrected chi connectivity index (χ3v) is 4.31. The summed E-state index contributed by atoms with van der Waals surface area (Å²) in [6, 6.07) is 0.483. The predicted octanol–water partition coefficient (Wildman–Crippen LogP) is 3.46. The van der Waals surface area contributed by atoms with Crippen molar-refractivity contribution in [1.29, 1.82) is 0 Å². The predicted molar refractivity (Wildman–Crippen MR) is 86.3 cm³/mol. The van der Waals surface area contributed by atoms with E-state index < -0.39 is 0 Å². The van der Waals surface area contributed by atoms with Crippen LogP contribution in [0.4, 0.5) is 0 Å². The molecule has 0 saturated heterocycles. The lowest BCUT2D eigenvalue weighted by molar-refractivity contribution is -0.143. The van der Waals surface area contributed by atoms with Crippen molar-refractivity contribution in [3.63, 3.8) is 0 Å². The van der Waals surface area contributed by atoms with Crippen molar-refractivity contribution >= 4 is 11.9 Å². The Hall–Kier alpha value is -1.32. The molecule has 22 heavy (non-hydrogen) atoms. The molecule has 124 valence electrons. The summed E-state index contributed by atoms with van der Waals surface area (Å²) in [5.41, 5.74) is 0.756. The Bertz CT molecular complexity index is 438. The molecule has 0 aliphatic heterocycles. The molecule has 4 heteroatoms. The fourth-order valence-corrected chi connectivity index (χ4v) is 3.12. The Kier molecular flexibility index (Phi) is 6.04. The van der Waals surface area contributed by atoms with Gasteiger partial charge < -0.3 is 9.64 Å². The van der Waals surface area contributed by atoms with Crippen molar-refractivity contribution in [3.8, 4) is 0 Å². The molecule has 1 saturated carbocycles. The van der Waals surface area contributed by atoms with E-state index in [1.165, 1.54) is 0 Å². The van der Waals surface area contributed by atoms with Crippen LogP contribution < -0.4 is 0 Å². The number of carbonyl (C=O) groups excluding carboxylic acids is 2. The third-order valence-electron chi connectivity index (χ3n) is 4.31. The number of rotatable bonds is 7. The summed E-state index contributed by atoms with van der Waals surface area (Å²) in [6.45, 7) is 6.71. The smallest absolute Gasteiger partial charge is 0.333 e. The molecule has 2 rings (SSSR count). The van der Waals surface area contributed by atoms with Gasteiger partial charge in [-0.05, 0) is 58.3 Å². The van der Waals surface area contributed by atoms with Crippen LogP contribution in [0.3, 0.4) is 0 Å². The number of carbonyl (C=O) groups is 2. The van der Waals surface area contributed by atoms with Crippen LogP contribution in [0.15, 0.2) is 11.6 Å². The number of allylic oxidation sites excluding steroid dienone is 1. The zero-order chi connectivity index (χ0) is 16.1. The van der Waals surface area contributed by atoms with E-state index in [0.717, 1.165) is 44.2 Å². The standard InChI is InChI=1S/C18H29NO3/c1-4-10-19(16-8-9-16)17(20)12-14-6-5-7-15(11-14)18(21)22-13(2)3/h7,13-14,16H,4-6,8-12H2,1-3H3. The minimum absolute atomic E-state index is 0.0923. The second-order valence-electron chi connectivity index (χ2n) is 6.85.